The Kier molecular flexibility index (Phi) is 4.90. The maximum Gasteiger partial charge on any atom is 0.248 e. The van der Waals surface area contributed by atoms with Crippen molar-refractivity contribution in [3.8, 4) is 5.75 Å². The van der Waals surface area contributed by atoms with Crippen LogP contribution in [0.2, 0.25) is 0 Å². The number of methoxy groups -OCH3 is 1. The minimum Gasteiger partial charge on any atom is -0.496 e. The first-order valence-electron chi connectivity index (χ1n) is 9.42. The fourth-order valence-electron chi connectivity index (χ4n) is 3.79. The summed E-state index contributed by atoms with van der Waals surface area (Å²) in [5.74, 6) is 1.01. The number of nitrogens with one attached hydrogen (secondary N) is 1. The van der Waals surface area contributed by atoms with E-state index in [2.05, 4.69) is 5.32 Å². The van der Waals surface area contributed by atoms with E-state index in [4.69, 9.17) is 9.15 Å². The van der Waals surface area contributed by atoms with Crippen molar-refractivity contribution in [3.05, 3.63) is 65.2 Å². The van der Waals surface area contributed by atoms with Gasteiger partial charge in [-0.25, -0.2) is 4.39 Å². The molecular formula is C23H22FNO3. The summed E-state index contributed by atoms with van der Waals surface area (Å²) in [6.07, 6.45) is 5.79. The minimum atomic E-state index is -0.393. The molecule has 0 unspecified atom stereocenters. The van der Waals surface area contributed by atoms with Crippen LogP contribution in [-0.4, -0.2) is 13.0 Å². The van der Waals surface area contributed by atoms with Gasteiger partial charge in [-0.15, -0.1) is 0 Å². The average molecular weight is 379 g/mol. The van der Waals surface area contributed by atoms with E-state index >= 15 is 0 Å². The number of hydrogen-bond donors (Lipinski definition) is 1. The largest absolute Gasteiger partial charge is 0.496 e. The lowest BCUT2D eigenvalue weighted by Gasteiger charge is -2.11. The number of amides is 1. The van der Waals surface area contributed by atoms with E-state index in [1.165, 1.54) is 23.8 Å². The Morgan fingerprint density at radius 1 is 1.21 bits per heavy atom. The molecule has 4 nitrogen and oxygen atoms in total. The number of fused-ring (bicyclic) bond motifs is 3. The minimum absolute atomic E-state index is 0.320. The number of rotatable bonds is 4. The number of benzene rings is 2. The van der Waals surface area contributed by atoms with Crippen molar-refractivity contribution in [3.63, 3.8) is 0 Å². The quantitative estimate of drug-likeness (QED) is 0.609. The Morgan fingerprint density at radius 2 is 2.04 bits per heavy atom. The Hall–Kier alpha value is -3.08. The van der Waals surface area contributed by atoms with E-state index in [9.17, 15) is 9.18 Å². The molecule has 0 saturated carbocycles. The predicted octanol–water partition coefficient (Wildman–Crippen LogP) is 5.50. The first kappa shape index (κ1) is 18.3. The molecule has 0 saturated heterocycles. The van der Waals surface area contributed by atoms with Gasteiger partial charge in [0.15, 0.2) is 0 Å². The molecule has 5 heteroatoms. The van der Waals surface area contributed by atoms with Gasteiger partial charge in [0.1, 0.15) is 22.9 Å². The third-order valence-corrected chi connectivity index (χ3v) is 5.14. The van der Waals surface area contributed by atoms with E-state index in [1.807, 2.05) is 19.1 Å². The number of halogens is 1. The van der Waals surface area contributed by atoms with Crippen molar-refractivity contribution in [2.45, 2.75) is 32.6 Å². The number of anilines is 1. The van der Waals surface area contributed by atoms with Gasteiger partial charge in [-0.1, -0.05) is 6.07 Å². The molecule has 0 fully saturated rings. The van der Waals surface area contributed by atoms with Crippen molar-refractivity contribution < 1.29 is 18.3 Å². The molecule has 1 N–H and O–H groups in total. The highest BCUT2D eigenvalue weighted by Crippen LogP contribution is 2.37. The highest BCUT2D eigenvalue weighted by Gasteiger charge is 2.20. The number of carbonyl (C=O) groups excluding carboxylic acids is 1. The molecule has 144 valence electrons. The topological polar surface area (TPSA) is 51.5 Å². The fraction of sp³-hybridized carbons (Fsp3) is 0.261. The number of furan rings is 1. The lowest BCUT2D eigenvalue weighted by Crippen LogP contribution is -2.08. The lowest BCUT2D eigenvalue weighted by molar-refractivity contribution is -0.111. The molecule has 0 radical (unpaired) electrons. The molecule has 1 aliphatic rings. The zero-order valence-corrected chi connectivity index (χ0v) is 16.0. The van der Waals surface area contributed by atoms with Crippen LogP contribution >= 0.6 is 0 Å². The highest BCUT2D eigenvalue weighted by molar-refractivity contribution is 6.04. The van der Waals surface area contributed by atoms with Gasteiger partial charge >= 0.3 is 0 Å². The SMILES string of the molecule is COc1cc2oc3c(c2cc1/C(C)=C/C(=O)Nc1cccc(F)c1)CCCC3. The second-order valence-electron chi connectivity index (χ2n) is 7.09. The van der Waals surface area contributed by atoms with Gasteiger partial charge in [0.25, 0.3) is 0 Å². The van der Waals surface area contributed by atoms with Crippen LogP contribution in [0.1, 0.15) is 36.7 Å². The highest BCUT2D eigenvalue weighted by atomic mass is 19.1. The Balaban J connectivity index is 1.68. The summed E-state index contributed by atoms with van der Waals surface area (Å²) in [6.45, 7) is 1.86. The van der Waals surface area contributed by atoms with Crippen molar-refractivity contribution in [2.75, 3.05) is 12.4 Å². The monoisotopic (exact) mass is 379 g/mol. The fourth-order valence-corrected chi connectivity index (χ4v) is 3.79. The van der Waals surface area contributed by atoms with Crippen LogP contribution in [0, 0.1) is 5.82 Å². The van der Waals surface area contributed by atoms with Gasteiger partial charge in [0, 0.05) is 40.8 Å². The van der Waals surface area contributed by atoms with Gasteiger partial charge in [-0.2, -0.15) is 0 Å². The molecule has 0 spiro atoms. The van der Waals surface area contributed by atoms with Crippen LogP contribution in [0.15, 0.2) is 46.9 Å². The molecule has 1 amide bonds. The average Bonchev–Trinajstić information content (AvgIpc) is 3.04. The number of carbonyl (C=O) groups is 1. The van der Waals surface area contributed by atoms with Crippen molar-refractivity contribution in [1.29, 1.82) is 0 Å². The molecule has 28 heavy (non-hydrogen) atoms. The van der Waals surface area contributed by atoms with E-state index in [0.717, 1.165) is 53.5 Å². The molecule has 1 aliphatic carbocycles. The van der Waals surface area contributed by atoms with Gasteiger partial charge in [-0.3, -0.25) is 4.79 Å². The second-order valence-corrected chi connectivity index (χ2v) is 7.09. The molecule has 0 aliphatic heterocycles. The molecule has 1 heterocycles. The smallest absolute Gasteiger partial charge is 0.248 e. The zero-order valence-electron chi connectivity index (χ0n) is 16.0. The number of allylic oxidation sites excluding steroid dienone is 1. The third kappa shape index (κ3) is 3.52. The van der Waals surface area contributed by atoms with Crippen LogP contribution < -0.4 is 10.1 Å². The first-order valence-corrected chi connectivity index (χ1v) is 9.42. The molecule has 2 aromatic carbocycles. The summed E-state index contributed by atoms with van der Waals surface area (Å²) in [5, 5.41) is 3.78. The standard InChI is InChI=1S/C23H22FNO3/c1-14(10-23(26)25-16-7-5-6-15(24)11-16)18-12-19-17-8-3-4-9-20(17)28-22(19)13-21(18)27-2/h5-7,10-13H,3-4,8-9H2,1-2H3,(H,25,26)/b14-10+. The molecular weight excluding hydrogens is 357 g/mol. The summed E-state index contributed by atoms with van der Waals surface area (Å²) in [6, 6.07) is 9.76. The van der Waals surface area contributed by atoms with E-state index < -0.39 is 5.82 Å². The number of aryl methyl sites for hydroxylation is 2. The summed E-state index contributed by atoms with van der Waals surface area (Å²) in [7, 11) is 1.60. The predicted molar refractivity (Wildman–Crippen MR) is 108 cm³/mol. The van der Waals surface area contributed by atoms with Crippen molar-refractivity contribution in [2.24, 2.45) is 0 Å². The molecule has 1 aromatic heterocycles. The lowest BCUT2D eigenvalue weighted by atomic mass is 9.94. The Labute approximate surface area is 163 Å². The van der Waals surface area contributed by atoms with Crippen molar-refractivity contribution in [1.82, 2.24) is 0 Å². The molecule has 0 bridgehead atoms. The van der Waals surface area contributed by atoms with Crippen LogP contribution in [0.4, 0.5) is 10.1 Å². The summed E-state index contributed by atoms with van der Waals surface area (Å²) >= 11 is 0. The van der Waals surface area contributed by atoms with Crippen LogP contribution in [0.3, 0.4) is 0 Å². The van der Waals surface area contributed by atoms with E-state index in [-0.39, 0.29) is 5.91 Å². The maximum absolute atomic E-state index is 13.3. The van der Waals surface area contributed by atoms with Crippen molar-refractivity contribution >= 4 is 28.1 Å². The molecule has 0 atom stereocenters. The molecule has 3 aromatic rings. The van der Waals surface area contributed by atoms with Crippen LogP contribution in [0.25, 0.3) is 16.5 Å². The maximum atomic E-state index is 13.3. The first-order chi connectivity index (χ1) is 13.5. The van der Waals surface area contributed by atoms with Crippen LogP contribution in [0.5, 0.6) is 5.75 Å². The zero-order chi connectivity index (χ0) is 19.7. The second kappa shape index (κ2) is 7.50. The Bertz CT molecular complexity index is 1080. The summed E-state index contributed by atoms with van der Waals surface area (Å²) in [5.41, 5.74) is 4.11. The number of ether oxygens (including phenoxy) is 1. The van der Waals surface area contributed by atoms with Gasteiger partial charge in [0.05, 0.1) is 7.11 Å². The van der Waals surface area contributed by atoms with Crippen LogP contribution in [-0.2, 0) is 17.6 Å². The van der Waals surface area contributed by atoms with Gasteiger partial charge < -0.3 is 14.5 Å². The van der Waals surface area contributed by atoms with E-state index in [1.54, 1.807) is 19.2 Å². The summed E-state index contributed by atoms with van der Waals surface area (Å²) in [4.78, 5) is 12.4. The summed E-state index contributed by atoms with van der Waals surface area (Å²) < 4.78 is 24.9. The normalized spacial score (nSPS) is 14.0. The van der Waals surface area contributed by atoms with E-state index in [0.29, 0.717) is 11.4 Å². The Morgan fingerprint density at radius 3 is 2.82 bits per heavy atom. The third-order valence-electron chi connectivity index (χ3n) is 5.14. The van der Waals surface area contributed by atoms with Gasteiger partial charge in [0.2, 0.25) is 5.91 Å². The number of hydrogen-bond acceptors (Lipinski definition) is 3. The molecule has 4 rings (SSSR count). The van der Waals surface area contributed by atoms with Gasteiger partial charge in [-0.05, 0) is 56.0 Å².